The molecule has 3 heterocycles. The van der Waals surface area contributed by atoms with Crippen LogP contribution in [0.5, 0.6) is 0 Å². The van der Waals surface area contributed by atoms with Crippen molar-refractivity contribution >= 4 is 23.2 Å². The molecule has 2 aliphatic rings. The van der Waals surface area contributed by atoms with Crippen LogP contribution in [0.4, 0.5) is 0 Å². The zero-order valence-corrected chi connectivity index (χ0v) is 17.8. The highest BCUT2D eigenvalue weighted by Crippen LogP contribution is 2.32. The first-order chi connectivity index (χ1) is 12.7. The molecule has 1 fully saturated rings. The molecule has 27 heavy (non-hydrogen) atoms. The second-order valence-electron chi connectivity index (χ2n) is 8.65. The van der Waals surface area contributed by atoms with Crippen LogP contribution in [0, 0.1) is 0 Å². The van der Waals surface area contributed by atoms with Crippen molar-refractivity contribution in [3.05, 3.63) is 21.9 Å². The first-order valence-electron chi connectivity index (χ1n) is 9.84. The number of nitrogens with one attached hydrogen (secondary N) is 1. The van der Waals surface area contributed by atoms with Gasteiger partial charge in [0.1, 0.15) is 0 Å². The minimum absolute atomic E-state index is 0.0518. The molecule has 0 spiro atoms. The van der Waals surface area contributed by atoms with E-state index in [-0.39, 0.29) is 17.4 Å². The third-order valence-electron chi connectivity index (χ3n) is 5.35. The Morgan fingerprint density at radius 1 is 1.15 bits per heavy atom. The number of hydrogen-bond donors (Lipinski definition) is 1. The van der Waals surface area contributed by atoms with Crippen molar-refractivity contribution in [3.8, 4) is 0 Å². The van der Waals surface area contributed by atoms with Crippen LogP contribution in [0.25, 0.3) is 0 Å². The summed E-state index contributed by atoms with van der Waals surface area (Å²) in [6.07, 6.45) is 1.04. The first-order valence-corrected chi connectivity index (χ1v) is 10.7. The Hall–Kier alpha value is -1.44. The molecule has 2 aliphatic heterocycles. The molecule has 0 unspecified atom stereocenters. The highest BCUT2D eigenvalue weighted by Gasteiger charge is 2.29. The van der Waals surface area contributed by atoms with Crippen molar-refractivity contribution in [2.45, 2.75) is 45.7 Å². The van der Waals surface area contributed by atoms with E-state index in [9.17, 15) is 9.59 Å². The number of rotatable bonds is 4. The molecule has 1 atom stereocenters. The van der Waals surface area contributed by atoms with E-state index in [4.69, 9.17) is 0 Å². The van der Waals surface area contributed by atoms with Gasteiger partial charge in [-0.1, -0.05) is 0 Å². The van der Waals surface area contributed by atoms with Crippen LogP contribution in [-0.4, -0.2) is 77.9 Å². The SMILES string of the molecule is C[C@H]1c2ccsc2CCN1CC(=O)N1CCN(CC(=O)NC(C)(C)C)CC1. The monoisotopic (exact) mass is 392 g/mol. The summed E-state index contributed by atoms with van der Waals surface area (Å²) in [4.78, 5) is 32.7. The number of amides is 2. The van der Waals surface area contributed by atoms with Gasteiger partial charge >= 0.3 is 0 Å². The van der Waals surface area contributed by atoms with E-state index in [2.05, 4.69) is 33.5 Å². The smallest absolute Gasteiger partial charge is 0.236 e. The largest absolute Gasteiger partial charge is 0.350 e. The molecular formula is C20H32N4O2S. The Kier molecular flexibility index (Phi) is 6.23. The number of piperazine rings is 1. The normalized spacial score (nSPS) is 21.8. The van der Waals surface area contributed by atoms with Crippen molar-refractivity contribution in [2.24, 2.45) is 0 Å². The topological polar surface area (TPSA) is 55.9 Å². The van der Waals surface area contributed by atoms with Gasteiger partial charge < -0.3 is 10.2 Å². The Morgan fingerprint density at radius 3 is 2.52 bits per heavy atom. The predicted octanol–water partition coefficient (Wildman–Crippen LogP) is 1.73. The Balaban J connectivity index is 1.44. The number of carbonyl (C=O) groups is 2. The van der Waals surface area contributed by atoms with Gasteiger partial charge in [-0.05, 0) is 51.1 Å². The maximum atomic E-state index is 12.8. The van der Waals surface area contributed by atoms with Gasteiger partial charge in [-0.15, -0.1) is 11.3 Å². The van der Waals surface area contributed by atoms with Crippen LogP contribution in [0.3, 0.4) is 0 Å². The van der Waals surface area contributed by atoms with E-state index in [0.29, 0.717) is 32.2 Å². The van der Waals surface area contributed by atoms with Crippen molar-refractivity contribution in [1.82, 2.24) is 20.0 Å². The molecule has 0 saturated carbocycles. The molecule has 1 aromatic rings. The molecule has 1 N–H and O–H groups in total. The van der Waals surface area contributed by atoms with E-state index < -0.39 is 0 Å². The highest BCUT2D eigenvalue weighted by molar-refractivity contribution is 7.10. The molecule has 2 amide bonds. The van der Waals surface area contributed by atoms with Gasteiger partial charge in [0, 0.05) is 49.2 Å². The average Bonchev–Trinajstić information content (AvgIpc) is 3.05. The standard InChI is InChI=1S/C20H32N4O2S/c1-15-16-6-12-27-17(16)5-7-24(15)14-19(26)23-10-8-22(9-11-23)13-18(25)21-20(2,3)4/h6,12,15H,5,7-11,13-14H2,1-4H3,(H,21,25)/t15-/m0/s1. The van der Waals surface area contributed by atoms with Crippen molar-refractivity contribution in [2.75, 3.05) is 45.8 Å². The zero-order chi connectivity index (χ0) is 19.6. The molecule has 3 rings (SSSR count). The minimum atomic E-state index is -0.206. The van der Waals surface area contributed by atoms with Crippen LogP contribution >= 0.6 is 11.3 Å². The van der Waals surface area contributed by atoms with Gasteiger partial charge in [0.25, 0.3) is 0 Å². The second kappa shape index (κ2) is 8.29. The van der Waals surface area contributed by atoms with Gasteiger partial charge in [-0.3, -0.25) is 19.4 Å². The Morgan fingerprint density at radius 2 is 1.85 bits per heavy atom. The van der Waals surface area contributed by atoms with Gasteiger partial charge in [0.2, 0.25) is 11.8 Å². The summed E-state index contributed by atoms with van der Waals surface area (Å²) in [5.41, 5.74) is 1.18. The van der Waals surface area contributed by atoms with E-state index in [0.717, 1.165) is 26.1 Å². The molecule has 1 aromatic heterocycles. The molecule has 6 nitrogen and oxygen atoms in total. The molecule has 0 radical (unpaired) electrons. The van der Waals surface area contributed by atoms with E-state index >= 15 is 0 Å². The molecule has 0 aliphatic carbocycles. The number of carbonyl (C=O) groups excluding carboxylic acids is 2. The van der Waals surface area contributed by atoms with Crippen molar-refractivity contribution < 1.29 is 9.59 Å². The lowest BCUT2D eigenvalue weighted by atomic mass is 10.0. The Bertz CT molecular complexity index is 674. The quantitative estimate of drug-likeness (QED) is 0.848. The highest BCUT2D eigenvalue weighted by atomic mass is 32.1. The van der Waals surface area contributed by atoms with E-state index in [1.165, 1.54) is 10.4 Å². The minimum Gasteiger partial charge on any atom is -0.350 e. The van der Waals surface area contributed by atoms with Crippen molar-refractivity contribution in [1.29, 1.82) is 0 Å². The van der Waals surface area contributed by atoms with Crippen molar-refractivity contribution in [3.63, 3.8) is 0 Å². The van der Waals surface area contributed by atoms with Crippen LogP contribution in [0.15, 0.2) is 11.4 Å². The van der Waals surface area contributed by atoms with Crippen LogP contribution < -0.4 is 5.32 Å². The van der Waals surface area contributed by atoms with Crippen LogP contribution in [0.2, 0.25) is 0 Å². The zero-order valence-electron chi connectivity index (χ0n) is 17.0. The fourth-order valence-electron chi connectivity index (χ4n) is 3.87. The third-order valence-corrected chi connectivity index (χ3v) is 6.35. The van der Waals surface area contributed by atoms with E-state index in [1.54, 1.807) is 0 Å². The maximum Gasteiger partial charge on any atom is 0.236 e. The van der Waals surface area contributed by atoms with Gasteiger partial charge in [0.15, 0.2) is 0 Å². The third kappa shape index (κ3) is 5.30. The van der Waals surface area contributed by atoms with Crippen LogP contribution in [-0.2, 0) is 16.0 Å². The fourth-order valence-corrected chi connectivity index (χ4v) is 4.83. The summed E-state index contributed by atoms with van der Waals surface area (Å²) in [6, 6.07) is 2.51. The lowest BCUT2D eigenvalue weighted by Gasteiger charge is -2.38. The number of fused-ring (bicyclic) bond motifs is 1. The fraction of sp³-hybridized carbons (Fsp3) is 0.700. The summed E-state index contributed by atoms with van der Waals surface area (Å²) in [7, 11) is 0. The van der Waals surface area contributed by atoms with Gasteiger partial charge in [-0.25, -0.2) is 0 Å². The number of thiophene rings is 1. The lowest BCUT2D eigenvalue weighted by Crippen LogP contribution is -2.54. The van der Waals surface area contributed by atoms with Crippen LogP contribution in [0.1, 0.15) is 44.2 Å². The number of hydrogen-bond acceptors (Lipinski definition) is 5. The summed E-state index contributed by atoms with van der Waals surface area (Å²) >= 11 is 1.83. The second-order valence-corrected chi connectivity index (χ2v) is 9.65. The maximum absolute atomic E-state index is 12.8. The molecule has 1 saturated heterocycles. The summed E-state index contributed by atoms with van der Waals surface area (Å²) in [5.74, 6) is 0.260. The predicted molar refractivity (Wildman–Crippen MR) is 109 cm³/mol. The van der Waals surface area contributed by atoms with E-state index in [1.807, 2.05) is 37.0 Å². The molecule has 0 bridgehead atoms. The first kappa shape index (κ1) is 20.3. The molecule has 0 aromatic carbocycles. The molecular weight excluding hydrogens is 360 g/mol. The Labute approximate surface area is 166 Å². The van der Waals surface area contributed by atoms with Gasteiger partial charge in [0.05, 0.1) is 13.1 Å². The number of nitrogens with zero attached hydrogens (tertiary/aromatic N) is 3. The average molecular weight is 393 g/mol. The summed E-state index contributed by atoms with van der Waals surface area (Å²) in [5, 5.41) is 5.15. The summed E-state index contributed by atoms with van der Waals surface area (Å²) in [6.45, 7) is 12.9. The van der Waals surface area contributed by atoms with Gasteiger partial charge in [-0.2, -0.15) is 0 Å². The molecule has 150 valence electrons. The molecule has 7 heteroatoms. The lowest BCUT2D eigenvalue weighted by molar-refractivity contribution is -0.135. The summed E-state index contributed by atoms with van der Waals surface area (Å²) < 4.78 is 0.